The third-order valence-electron chi connectivity index (χ3n) is 2.79. The molecular formula is C13H15N3O3. The Morgan fingerprint density at radius 2 is 2.21 bits per heavy atom. The largest absolute Gasteiger partial charge is 0.451 e. The van der Waals surface area contributed by atoms with E-state index in [1.54, 1.807) is 12.1 Å². The average Bonchev–Trinajstić information content (AvgIpc) is 2.87. The molecular weight excluding hydrogens is 246 g/mol. The van der Waals surface area contributed by atoms with Crippen molar-refractivity contribution in [3.63, 3.8) is 0 Å². The van der Waals surface area contributed by atoms with E-state index < -0.39 is 0 Å². The summed E-state index contributed by atoms with van der Waals surface area (Å²) in [6, 6.07) is 9.07. The predicted octanol–water partition coefficient (Wildman–Crippen LogP) is 1.64. The molecule has 100 valence electrons. The first-order valence-corrected chi connectivity index (χ1v) is 5.90. The van der Waals surface area contributed by atoms with Crippen LogP contribution in [-0.2, 0) is 0 Å². The summed E-state index contributed by atoms with van der Waals surface area (Å²) in [4.78, 5) is 13.7. The molecule has 0 fully saturated rings. The van der Waals surface area contributed by atoms with Gasteiger partial charge in [0.15, 0.2) is 11.6 Å². The Kier molecular flexibility index (Phi) is 3.70. The van der Waals surface area contributed by atoms with E-state index in [1.807, 2.05) is 25.1 Å². The first kappa shape index (κ1) is 12.9. The van der Waals surface area contributed by atoms with Crippen molar-refractivity contribution in [1.82, 2.24) is 4.90 Å². The summed E-state index contributed by atoms with van der Waals surface area (Å²) < 4.78 is 5.49. The maximum absolute atomic E-state index is 12.2. The Morgan fingerprint density at radius 3 is 2.84 bits per heavy atom. The van der Waals surface area contributed by atoms with Crippen molar-refractivity contribution >= 4 is 22.7 Å². The second-order valence-corrected chi connectivity index (χ2v) is 4.06. The Labute approximate surface area is 110 Å². The lowest BCUT2D eigenvalue weighted by atomic mass is 10.2. The number of oxime groups is 1. The van der Waals surface area contributed by atoms with Crippen LogP contribution in [0, 0.1) is 0 Å². The van der Waals surface area contributed by atoms with Crippen LogP contribution < -0.4 is 5.73 Å². The number of amidine groups is 1. The molecule has 0 radical (unpaired) electrons. The van der Waals surface area contributed by atoms with Gasteiger partial charge in [-0.2, -0.15) is 0 Å². The Bertz CT molecular complexity index is 585. The molecule has 0 aliphatic heterocycles. The maximum atomic E-state index is 12.2. The van der Waals surface area contributed by atoms with E-state index in [9.17, 15) is 4.79 Å². The number of likely N-dealkylation sites (N-methyl/N-ethyl adjacent to an activating group) is 1. The normalized spacial score (nSPS) is 11.7. The molecule has 0 atom stereocenters. The molecule has 0 saturated carbocycles. The van der Waals surface area contributed by atoms with Crippen LogP contribution in [0.3, 0.4) is 0 Å². The average molecular weight is 261 g/mol. The Balaban J connectivity index is 2.26. The number of carbonyl (C=O) groups is 1. The number of para-hydroxylation sites is 1. The van der Waals surface area contributed by atoms with Crippen LogP contribution >= 0.6 is 0 Å². The number of carbonyl (C=O) groups excluding carboxylic acids is 1. The fourth-order valence-corrected chi connectivity index (χ4v) is 1.80. The van der Waals surface area contributed by atoms with Gasteiger partial charge in [0.25, 0.3) is 5.91 Å². The summed E-state index contributed by atoms with van der Waals surface area (Å²) in [6.07, 6.45) is 0. The van der Waals surface area contributed by atoms with E-state index >= 15 is 0 Å². The molecule has 2 aromatic rings. The Hall–Kier alpha value is -2.50. The summed E-state index contributed by atoms with van der Waals surface area (Å²) in [5, 5.41) is 12.3. The highest BCUT2D eigenvalue weighted by molar-refractivity contribution is 5.98. The second kappa shape index (κ2) is 5.43. The van der Waals surface area contributed by atoms with Gasteiger partial charge < -0.3 is 20.3 Å². The second-order valence-electron chi connectivity index (χ2n) is 4.06. The van der Waals surface area contributed by atoms with Gasteiger partial charge in [-0.05, 0) is 19.1 Å². The fourth-order valence-electron chi connectivity index (χ4n) is 1.80. The molecule has 0 aliphatic carbocycles. The minimum Gasteiger partial charge on any atom is -0.451 e. The number of nitrogens with zero attached hydrogens (tertiary/aromatic N) is 2. The topological polar surface area (TPSA) is 92.1 Å². The van der Waals surface area contributed by atoms with Gasteiger partial charge in [-0.15, -0.1) is 0 Å². The van der Waals surface area contributed by atoms with Crippen LogP contribution in [0.4, 0.5) is 0 Å². The summed E-state index contributed by atoms with van der Waals surface area (Å²) >= 11 is 0. The highest BCUT2D eigenvalue weighted by atomic mass is 16.4. The van der Waals surface area contributed by atoms with Crippen molar-refractivity contribution in [3.8, 4) is 0 Å². The number of hydrogen-bond donors (Lipinski definition) is 2. The molecule has 0 saturated heterocycles. The minimum atomic E-state index is -0.287. The van der Waals surface area contributed by atoms with Crippen LogP contribution in [0.2, 0.25) is 0 Å². The number of amides is 1. The van der Waals surface area contributed by atoms with Crippen LogP contribution in [0.1, 0.15) is 17.5 Å². The minimum absolute atomic E-state index is 0.0219. The molecule has 2 rings (SSSR count). The predicted molar refractivity (Wildman–Crippen MR) is 71.2 cm³/mol. The molecule has 1 aromatic carbocycles. The third-order valence-corrected chi connectivity index (χ3v) is 2.79. The summed E-state index contributed by atoms with van der Waals surface area (Å²) in [6.45, 7) is 2.31. The van der Waals surface area contributed by atoms with E-state index in [4.69, 9.17) is 15.4 Å². The zero-order chi connectivity index (χ0) is 13.8. The van der Waals surface area contributed by atoms with Gasteiger partial charge in [-0.3, -0.25) is 4.79 Å². The molecule has 0 spiro atoms. The molecule has 0 unspecified atom stereocenters. The van der Waals surface area contributed by atoms with Gasteiger partial charge in [0.2, 0.25) is 0 Å². The quantitative estimate of drug-likeness (QED) is 0.379. The van der Waals surface area contributed by atoms with Crippen molar-refractivity contribution in [2.75, 3.05) is 13.1 Å². The molecule has 0 bridgehead atoms. The maximum Gasteiger partial charge on any atom is 0.290 e. The van der Waals surface area contributed by atoms with Gasteiger partial charge in [-0.1, -0.05) is 23.4 Å². The van der Waals surface area contributed by atoms with Crippen molar-refractivity contribution in [1.29, 1.82) is 0 Å². The molecule has 1 aromatic heterocycles. The van der Waals surface area contributed by atoms with Crippen molar-refractivity contribution < 1.29 is 14.4 Å². The number of fused-ring (bicyclic) bond motifs is 1. The number of rotatable bonds is 4. The number of nitrogens with two attached hydrogens (primary N) is 1. The number of hydrogen-bond acceptors (Lipinski definition) is 4. The van der Waals surface area contributed by atoms with Crippen LogP contribution in [0.15, 0.2) is 39.9 Å². The highest BCUT2D eigenvalue weighted by Crippen LogP contribution is 2.19. The highest BCUT2D eigenvalue weighted by Gasteiger charge is 2.19. The lowest BCUT2D eigenvalue weighted by Crippen LogP contribution is -2.38. The zero-order valence-electron chi connectivity index (χ0n) is 10.5. The molecule has 6 heteroatoms. The lowest BCUT2D eigenvalue weighted by molar-refractivity contribution is 0.0757. The van der Waals surface area contributed by atoms with Crippen molar-refractivity contribution in [2.45, 2.75) is 6.92 Å². The Morgan fingerprint density at radius 1 is 1.47 bits per heavy atom. The van der Waals surface area contributed by atoms with Crippen molar-refractivity contribution in [2.24, 2.45) is 10.9 Å². The van der Waals surface area contributed by atoms with Gasteiger partial charge in [0.05, 0.1) is 6.54 Å². The van der Waals surface area contributed by atoms with Crippen LogP contribution in [0.5, 0.6) is 0 Å². The first-order chi connectivity index (χ1) is 9.15. The monoisotopic (exact) mass is 261 g/mol. The summed E-state index contributed by atoms with van der Waals surface area (Å²) in [5.41, 5.74) is 6.07. The van der Waals surface area contributed by atoms with E-state index in [2.05, 4.69) is 5.16 Å². The van der Waals surface area contributed by atoms with E-state index in [0.717, 1.165) is 5.39 Å². The van der Waals surface area contributed by atoms with E-state index in [0.29, 0.717) is 12.1 Å². The summed E-state index contributed by atoms with van der Waals surface area (Å²) in [5.74, 6) is -0.0644. The van der Waals surface area contributed by atoms with Crippen LogP contribution in [0.25, 0.3) is 11.0 Å². The molecule has 6 nitrogen and oxygen atoms in total. The third kappa shape index (κ3) is 2.67. The molecule has 1 amide bonds. The van der Waals surface area contributed by atoms with E-state index in [-0.39, 0.29) is 24.0 Å². The lowest BCUT2D eigenvalue weighted by Gasteiger charge is -2.18. The standard InChI is InChI=1S/C13H15N3O3/c1-2-16(8-12(14)15-18)13(17)11-7-9-5-3-4-6-10(9)19-11/h3-7,18H,2,8H2,1H3,(H2,14,15). The first-order valence-electron chi connectivity index (χ1n) is 5.90. The fraction of sp³-hybridized carbons (Fsp3) is 0.231. The number of furan rings is 1. The molecule has 1 heterocycles. The van der Waals surface area contributed by atoms with Gasteiger partial charge in [0.1, 0.15) is 5.58 Å². The molecule has 0 aliphatic rings. The molecule has 19 heavy (non-hydrogen) atoms. The SMILES string of the molecule is CCN(CC(N)=NO)C(=O)c1cc2ccccc2o1. The number of benzene rings is 1. The molecule has 3 N–H and O–H groups in total. The summed E-state index contributed by atoms with van der Waals surface area (Å²) in [7, 11) is 0. The van der Waals surface area contributed by atoms with Crippen molar-refractivity contribution in [3.05, 3.63) is 36.1 Å². The van der Waals surface area contributed by atoms with Gasteiger partial charge >= 0.3 is 0 Å². The van der Waals surface area contributed by atoms with Gasteiger partial charge in [-0.25, -0.2) is 0 Å². The van der Waals surface area contributed by atoms with E-state index in [1.165, 1.54) is 4.90 Å². The zero-order valence-corrected chi connectivity index (χ0v) is 10.5. The smallest absolute Gasteiger partial charge is 0.290 e. The van der Waals surface area contributed by atoms with Crippen LogP contribution in [-0.4, -0.2) is 34.9 Å². The van der Waals surface area contributed by atoms with Gasteiger partial charge in [0, 0.05) is 11.9 Å².